The summed E-state index contributed by atoms with van der Waals surface area (Å²) < 4.78 is 41.7. The molecule has 28 heavy (non-hydrogen) atoms. The largest absolute Gasteiger partial charge is 0.506 e. The van der Waals surface area contributed by atoms with Crippen LogP contribution in [-0.2, 0) is 9.53 Å². The fourth-order valence-electron chi connectivity index (χ4n) is 2.09. The Labute approximate surface area is 161 Å². The van der Waals surface area contributed by atoms with Crippen LogP contribution in [0.1, 0.15) is 27.6 Å². The quantitative estimate of drug-likeness (QED) is 0.322. The van der Waals surface area contributed by atoms with Gasteiger partial charge in [0.2, 0.25) is 5.91 Å². The number of amides is 1. The van der Waals surface area contributed by atoms with E-state index in [-0.39, 0.29) is 39.2 Å². The number of phenolic OH excluding ortho intramolecular Hbond substituents is 1. The highest BCUT2D eigenvalue weighted by molar-refractivity contribution is 8.00. The molecule has 2 aromatic rings. The molecule has 10 heteroatoms. The van der Waals surface area contributed by atoms with Crippen molar-refractivity contribution in [3.05, 3.63) is 53.6 Å². The Kier molecular flexibility index (Phi) is 6.68. The molecule has 0 unspecified atom stereocenters. The Morgan fingerprint density at radius 3 is 2.25 bits per heavy atom. The minimum absolute atomic E-state index is 0.0102. The average molecular weight is 413 g/mol. The maximum absolute atomic E-state index is 12.3. The molecule has 148 valence electrons. The lowest BCUT2D eigenvalue weighted by Crippen LogP contribution is -2.15. The summed E-state index contributed by atoms with van der Waals surface area (Å²) in [5, 5.41) is 12.0. The summed E-state index contributed by atoms with van der Waals surface area (Å²) in [4.78, 5) is 35.1. The van der Waals surface area contributed by atoms with Gasteiger partial charge in [-0.05, 0) is 54.2 Å². The van der Waals surface area contributed by atoms with Crippen molar-refractivity contribution < 1.29 is 37.4 Å². The van der Waals surface area contributed by atoms with E-state index in [1.165, 1.54) is 25.1 Å². The van der Waals surface area contributed by atoms with Gasteiger partial charge < -0.3 is 15.2 Å². The monoisotopic (exact) mass is 413 g/mol. The number of nitrogens with one attached hydrogen (secondary N) is 1. The molecule has 2 aromatic carbocycles. The highest BCUT2D eigenvalue weighted by atomic mass is 32.2. The number of phenols is 1. The standard InChI is InChI=1S/C18H14F3NO5S/c1-10(23)22-14-8-12(4-7-15(14)24)16(25)9-27-17(26)11-2-5-13(6-3-11)28-18(19,20)21/h2-8,24H,9H2,1H3,(H,22,23). The molecule has 0 aromatic heterocycles. The molecule has 0 spiro atoms. The lowest BCUT2D eigenvalue weighted by atomic mass is 10.1. The van der Waals surface area contributed by atoms with E-state index in [9.17, 15) is 32.7 Å². The van der Waals surface area contributed by atoms with E-state index >= 15 is 0 Å². The predicted octanol–water partition coefficient (Wildman–Crippen LogP) is 4.00. The van der Waals surface area contributed by atoms with Crippen LogP contribution in [0.25, 0.3) is 0 Å². The SMILES string of the molecule is CC(=O)Nc1cc(C(=O)COC(=O)c2ccc(SC(F)(F)F)cc2)ccc1O. The van der Waals surface area contributed by atoms with Crippen LogP contribution in [0, 0.1) is 0 Å². The van der Waals surface area contributed by atoms with Crippen molar-refractivity contribution in [1.82, 2.24) is 0 Å². The zero-order chi connectivity index (χ0) is 20.9. The van der Waals surface area contributed by atoms with Crippen molar-refractivity contribution in [3.8, 4) is 5.75 Å². The number of thioether (sulfide) groups is 1. The number of esters is 1. The number of hydrogen-bond donors (Lipinski definition) is 2. The summed E-state index contributed by atoms with van der Waals surface area (Å²) in [5.41, 5.74) is -4.33. The van der Waals surface area contributed by atoms with Crippen molar-refractivity contribution in [2.75, 3.05) is 11.9 Å². The number of carbonyl (C=O) groups is 3. The number of benzene rings is 2. The van der Waals surface area contributed by atoms with E-state index in [2.05, 4.69) is 5.32 Å². The molecular weight excluding hydrogens is 399 g/mol. The summed E-state index contributed by atoms with van der Waals surface area (Å²) in [5.74, 6) is -2.15. The topological polar surface area (TPSA) is 92.7 Å². The number of ether oxygens (including phenoxy) is 1. The molecule has 0 saturated heterocycles. The number of anilines is 1. The minimum Gasteiger partial charge on any atom is -0.506 e. The number of halogens is 3. The first-order chi connectivity index (χ1) is 13.0. The Hall–Kier alpha value is -3.01. The fraction of sp³-hybridized carbons (Fsp3) is 0.167. The number of rotatable bonds is 6. The van der Waals surface area contributed by atoms with E-state index < -0.39 is 29.8 Å². The molecule has 0 radical (unpaired) electrons. The summed E-state index contributed by atoms with van der Waals surface area (Å²) in [6.45, 7) is 0.608. The molecule has 0 heterocycles. The second-order valence-corrected chi connectivity index (χ2v) is 6.62. The lowest BCUT2D eigenvalue weighted by molar-refractivity contribution is -0.114. The van der Waals surface area contributed by atoms with Gasteiger partial charge in [0, 0.05) is 17.4 Å². The zero-order valence-electron chi connectivity index (χ0n) is 14.4. The van der Waals surface area contributed by atoms with Crippen molar-refractivity contribution in [2.24, 2.45) is 0 Å². The zero-order valence-corrected chi connectivity index (χ0v) is 15.2. The van der Waals surface area contributed by atoms with Crippen LogP contribution in [-0.4, -0.2) is 34.9 Å². The number of Topliss-reactive ketones (excluding diaryl/α,β-unsaturated/α-hetero) is 1. The van der Waals surface area contributed by atoms with Crippen LogP contribution >= 0.6 is 11.8 Å². The maximum Gasteiger partial charge on any atom is 0.446 e. The maximum atomic E-state index is 12.3. The Morgan fingerprint density at radius 1 is 1.07 bits per heavy atom. The van der Waals surface area contributed by atoms with Crippen LogP contribution in [0.5, 0.6) is 5.75 Å². The van der Waals surface area contributed by atoms with Crippen molar-refractivity contribution in [2.45, 2.75) is 17.3 Å². The Bertz CT molecular complexity index is 897. The van der Waals surface area contributed by atoms with Gasteiger partial charge in [-0.2, -0.15) is 13.2 Å². The lowest BCUT2D eigenvalue weighted by Gasteiger charge is -2.09. The first-order valence-corrected chi connectivity index (χ1v) is 8.53. The van der Waals surface area contributed by atoms with Gasteiger partial charge in [0.1, 0.15) is 5.75 Å². The van der Waals surface area contributed by atoms with Gasteiger partial charge in [0.15, 0.2) is 12.4 Å². The number of aromatic hydroxyl groups is 1. The number of ketones is 1. The van der Waals surface area contributed by atoms with Gasteiger partial charge in [-0.15, -0.1) is 0 Å². The molecule has 2 rings (SSSR count). The third-order valence-electron chi connectivity index (χ3n) is 3.29. The van der Waals surface area contributed by atoms with Crippen LogP contribution in [0.4, 0.5) is 18.9 Å². The molecule has 0 saturated carbocycles. The van der Waals surface area contributed by atoms with Gasteiger partial charge >= 0.3 is 11.5 Å². The van der Waals surface area contributed by atoms with Gasteiger partial charge in [-0.25, -0.2) is 4.79 Å². The molecule has 2 N–H and O–H groups in total. The number of alkyl halides is 3. The van der Waals surface area contributed by atoms with E-state index in [4.69, 9.17) is 4.74 Å². The second-order valence-electron chi connectivity index (χ2n) is 5.48. The smallest absolute Gasteiger partial charge is 0.446 e. The van der Waals surface area contributed by atoms with Crippen LogP contribution in [0.3, 0.4) is 0 Å². The summed E-state index contributed by atoms with van der Waals surface area (Å²) in [6, 6.07) is 8.30. The average Bonchev–Trinajstić information content (AvgIpc) is 2.60. The Balaban J connectivity index is 1.99. The van der Waals surface area contributed by atoms with Crippen LogP contribution in [0.15, 0.2) is 47.4 Å². The molecule has 0 bridgehead atoms. The van der Waals surface area contributed by atoms with Gasteiger partial charge in [0.05, 0.1) is 11.3 Å². The van der Waals surface area contributed by atoms with Gasteiger partial charge in [-0.3, -0.25) is 9.59 Å². The highest BCUT2D eigenvalue weighted by Crippen LogP contribution is 2.36. The van der Waals surface area contributed by atoms with Gasteiger partial charge in [-0.1, -0.05) is 0 Å². The summed E-state index contributed by atoms with van der Waals surface area (Å²) in [6.07, 6.45) is 0. The number of carbonyl (C=O) groups excluding carboxylic acids is 3. The van der Waals surface area contributed by atoms with Crippen LogP contribution < -0.4 is 5.32 Å². The van der Waals surface area contributed by atoms with E-state index in [0.29, 0.717) is 0 Å². The van der Waals surface area contributed by atoms with Crippen molar-refractivity contribution in [1.29, 1.82) is 0 Å². The van der Waals surface area contributed by atoms with Crippen molar-refractivity contribution >= 4 is 35.1 Å². The van der Waals surface area contributed by atoms with Gasteiger partial charge in [0.25, 0.3) is 0 Å². The molecule has 0 aliphatic rings. The predicted molar refractivity (Wildman–Crippen MR) is 95.4 cm³/mol. The van der Waals surface area contributed by atoms with Crippen molar-refractivity contribution in [3.63, 3.8) is 0 Å². The van der Waals surface area contributed by atoms with Crippen LogP contribution in [0.2, 0.25) is 0 Å². The summed E-state index contributed by atoms with van der Waals surface area (Å²) in [7, 11) is 0. The molecule has 1 amide bonds. The third kappa shape index (κ3) is 6.31. The van der Waals surface area contributed by atoms with E-state index in [1.54, 1.807) is 0 Å². The first kappa shape index (κ1) is 21.3. The summed E-state index contributed by atoms with van der Waals surface area (Å²) >= 11 is -0.313. The molecular formula is C18H14F3NO5S. The molecule has 0 aliphatic heterocycles. The van der Waals surface area contributed by atoms with E-state index in [0.717, 1.165) is 24.3 Å². The number of hydrogen-bond acceptors (Lipinski definition) is 6. The minimum atomic E-state index is -4.44. The van der Waals surface area contributed by atoms with E-state index in [1.807, 2.05) is 0 Å². The normalized spacial score (nSPS) is 11.0. The molecule has 0 atom stereocenters. The molecule has 0 aliphatic carbocycles. The molecule has 0 fully saturated rings. The first-order valence-electron chi connectivity index (χ1n) is 7.72. The fourth-order valence-corrected chi connectivity index (χ4v) is 2.63. The second kappa shape index (κ2) is 8.79. The Morgan fingerprint density at radius 2 is 1.68 bits per heavy atom. The molecule has 6 nitrogen and oxygen atoms in total. The third-order valence-corrected chi connectivity index (χ3v) is 4.03. The highest BCUT2D eigenvalue weighted by Gasteiger charge is 2.29.